The van der Waals surface area contributed by atoms with Crippen molar-refractivity contribution in [3.63, 3.8) is 0 Å². The van der Waals surface area contributed by atoms with Crippen LogP contribution in [0.2, 0.25) is 0 Å². The molecule has 0 amide bonds. The number of carbonyl (C=O) groups is 1. The van der Waals surface area contributed by atoms with Gasteiger partial charge in [0.15, 0.2) is 0 Å². The van der Waals surface area contributed by atoms with Gasteiger partial charge in [0.1, 0.15) is 5.78 Å². The van der Waals surface area contributed by atoms with E-state index in [1.807, 2.05) is 6.07 Å². The summed E-state index contributed by atoms with van der Waals surface area (Å²) >= 11 is 0. The number of ketones is 1. The van der Waals surface area contributed by atoms with Crippen LogP contribution in [0.15, 0.2) is 67.0 Å². The monoisotopic (exact) mass is 411 g/mol. The van der Waals surface area contributed by atoms with Gasteiger partial charge in [0, 0.05) is 37.8 Å². The van der Waals surface area contributed by atoms with E-state index in [-0.39, 0.29) is 5.92 Å². The number of rotatable bonds is 4. The molecule has 31 heavy (non-hydrogen) atoms. The van der Waals surface area contributed by atoms with Crippen LogP contribution in [0.5, 0.6) is 0 Å². The minimum absolute atomic E-state index is 0.0458. The third kappa shape index (κ3) is 4.12. The lowest BCUT2D eigenvalue weighted by atomic mass is 9.82. The molecule has 2 fully saturated rings. The van der Waals surface area contributed by atoms with E-state index in [1.54, 1.807) is 12.4 Å². The van der Waals surface area contributed by atoms with Crippen molar-refractivity contribution in [1.82, 2.24) is 9.97 Å². The Hall–Kier alpha value is -3.01. The summed E-state index contributed by atoms with van der Waals surface area (Å²) < 4.78 is 0. The first-order chi connectivity index (χ1) is 15.2. The van der Waals surface area contributed by atoms with E-state index in [0.29, 0.717) is 17.6 Å². The van der Waals surface area contributed by atoms with Crippen molar-refractivity contribution >= 4 is 11.7 Å². The normalized spacial score (nSPS) is 22.1. The Kier molecular flexibility index (Phi) is 5.54. The lowest BCUT2D eigenvalue weighted by Gasteiger charge is -2.34. The number of piperidine rings is 1. The van der Waals surface area contributed by atoms with Gasteiger partial charge >= 0.3 is 0 Å². The number of aromatic nitrogens is 2. The molecule has 1 aliphatic heterocycles. The Bertz CT molecular complexity index is 1060. The lowest BCUT2D eigenvalue weighted by Crippen LogP contribution is -2.36. The van der Waals surface area contributed by atoms with Crippen LogP contribution in [0, 0.1) is 18.8 Å². The summed E-state index contributed by atoms with van der Waals surface area (Å²) in [5.74, 6) is 2.41. The van der Waals surface area contributed by atoms with Crippen molar-refractivity contribution in [1.29, 1.82) is 0 Å². The zero-order valence-corrected chi connectivity index (χ0v) is 18.1. The first kappa shape index (κ1) is 19.9. The van der Waals surface area contributed by atoms with Crippen molar-refractivity contribution < 1.29 is 4.79 Å². The molecule has 4 heteroatoms. The fourth-order valence-electron chi connectivity index (χ4n) is 5.44. The van der Waals surface area contributed by atoms with Crippen LogP contribution >= 0.6 is 0 Å². The largest absolute Gasteiger partial charge is 0.341 e. The molecule has 2 aromatic carbocycles. The molecule has 1 saturated heterocycles. The highest BCUT2D eigenvalue weighted by molar-refractivity contribution is 5.88. The quantitative estimate of drug-likeness (QED) is 0.574. The highest BCUT2D eigenvalue weighted by Gasteiger charge is 2.38. The summed E-state index contributed by atoms with van der Waals surface area (Å²) in [6.45, 7) is 4.10. The van der Waals surface area contributed by atoms with Gasteiger partial charge in [-0.25, -0.2) is 9.97 Å². The van der Waals surface area contributed by atoms with Crippen LogP contribution in [-0.2, 0) is 4.79 Å². The van der Waals surface area contributed by atoms with Crippen molar-refractivity contribution in [3.8, 4) is 11.1 Å². The van der Waals surface area contributed by atoms with Gasteiger partial charge in [-0.05, 0) is 66.3 Å². The van der Waals surface area contributed by atoms with Gasteiger partial charge in [-0.2, -0.15) is 0 Å². The molecular weight excluding hydrogens is 382 g/mol. The van der Waals surface area contributed by atoms with E-state index in [9.17, 15) is 4.79 Å². The zero-order valence-electron chi connectivity index (χ0n) is 18.1. The topological polar surface area (TPSA) is 46.1 Å². The summed E-state index contributed by atoms with van der Waals surface area (Å²) in [6.07, 6.45) is 7.56. The van der Waals surface area contributed by atoms with E-state index in [0.717, 1.165) is 44.7 Å². The second kappa shape index (κ2) is 8.62. The third-order valence-electron chi connectivity index (χ3n) is 7.18. The zero-order chi connectivity index (χ0) is 21.2. The molecule has 4 nitrogen and oxygen atoms in total. The highest BCUT2D eigenvalue weighted by atomic mass is 16.1. The van der Waals surface area contributed by atoms with Crippen molar-refractivity contribution in [3.05, 3.63) is 78.1 Å². The van der Waals surface area contributed by atoms with Crippen molar-refractivity contribution in [2.24, 2.45) is 11.8 Å². The maximum absolute atomic E-state index is 13.0. The average Bonchev–Trinajstić information content (AvgIpc) is 3.22. The molecule has 158 valence electrons. The van der Waals surface area contributed by atoms with Gasteiger partial charge in [0.25, 0.3) is 0 Å². The predicted octanol–water partition coefficient (Wildman–Crippen LogP) is 5.43. The number of benzene rings is 2. The molecule has 2 unspecified atom stereocenters. The number of carbonyl (C=O) groups excluding carboxylic acids is 1. The molecule has 1 saturated carbocycles. The minimum atomic E-state index is 0.0458. The summed E-state index contributed by atoms with van der Waals surface area (Å²) in [4.78, 5) is 24.0. The van der Waals surface area contributed by atoms with E-state index in [1.165, 1.54) is 22.3 Å². The second-order valence-corrected chi connectivity index (χ2v) is 9.03. The van der Waals surface area contributed by atoms with Crippen LogP contribution < -0.4 is 4.90 Å². The Morgan fingerprint density at radius 3 is 2.45 bits per heavy atom. The van der Waals surface area contributed by atoms with Gasteiger partial charge in [0.05, 0.1) is 0 Å². The van der Waals surface area contributed by atoms with Crippen LogP contribution in [0.25, 0.3) is 11.1 Å². The summed E-state index contributed by atoms with van der Waals surface area (Å²) in [7, 11) is 0. The Morgan fingerprint density at radius 2 is 1.68 bits per heavy atom. The summed E-state index contributed by atoms with van der Waals surface area (Å²) in [5, 5.41) is 0. The maximum Gasteiger partial charge on any atom is 0.225 e. The van der Waals surface area contributed by atoms with Crippen molar-refractivity contribution in [2.45, 2.75) is 38.5 Å². The Balaban J connectivity index is 1.27. The van der Waals surface area contributed by atoms with E-state index < -0.39 is 0 Å². The smallest absolute Gasteiger partial charge is 0.225 e. The molecule has 2 heterocycles. The minimum Gasteiger partial charge on any atom is -0.341 e. The molecule has 2 aliphatic rings. The van der Waals surface area contributed by atoms with E-state index >= 15 is 0 Å². The van der Waals surface area contributed by atoms with Gasteiger partial charge in [-0.3, -0.25) is 4.79 Å². The molecule has 5 rings (SSSR count). The standard InChI is InChI=1S/C27H29N3O/c1-19-6-2-3-9-24(19)21-7-4-8-22(16-21)25-17-23(18-26(25)31)20-10-14-30(15-11-20)27-28-12-5-13-29-27/h2-9,12-13,16,20,23,25H,10-11,14-15,17-18H2,1H3. The maximum atomic E-state index is 13.0. The molecule has 1 aromatic heterocycles. The highest BCUT2D eigenvalue weighted by Crippen LogP contribution is 2.43. The first-order valence-electron chi connectivity index (χ1n) is 11.4. The molecule has 1 aliphatic carbocycles. The van der Waals surface area contributed by atoms with Crippen molar-refractivity contribution in [2.75, 3.05) is 18.0 Å². The molecule has 0 radical (unpaired) electrons. The van der Waals surface area contributed by atoms with Crippen LogP contribution in [0.4, 0.5) is 5.95 Å². The third-order valence-corrected chi connectivity index (χ3v) is 7.18. The van der Waals surface area contributed by atoms with Crippen LogP contribution in [0.3, 0.4) is 0 Å². The number of anilines is 1. The molecule has 0 bridgehead atoms. The van der Waals surface area contributed by atoms with Gasteiger partial charge in [-0.1, -0.05) is 48.5 Å². The molecule has 2 atom stereocenters. The number of Topliss-reactive ketones (excluding diaryl/α,β-unsaturated/α-hetero) is 1. The lowest BCUT2D eigenvalue weighted by molar-refractivity contribution is -0.118. The number of hydrogen-bond donors (Lipinski definition) is 0. The average molecular weight is 412 g/mol. The number of hydrogen-bond acceptors (Lipinski definition) is 4. The van der Waals surface area contributed by atoms with Gasteiger partial charge in [0.2, 0.25) is 5.95 Å². The molecular formula is C27H29N3O. The number of nitrogens with zero attached hydrogens (tertiary/aromatic N) is 3. The SMILES string of the molecule is Cc1ccccc1-c1cccc(C2CC(C3CCN(c4ncccn4)CC3)CC2=O)c1. The molecule has 0 spiro atoms. The Morgan fingerprint density at radius 1 is 0.903 bits per heavy atom. The Labute approximate surface area is 184 Å². The summed E-state index contributed by atoms with van der Waals surface area (Å²) in [6, 6.07) is 19.0. The fourth-order valence-corrected chi connectivity index (χ4v) is 5.44. The number of aryl methyl sites for hydroxylation is 1. The second-order valence-electron chi connectivity index (χ2n) is 9.03. The van der Waals surface area contributed by atoms with Crippen LogP contribution in [0.1, 0.15) is 42.7 Å². The van der Waals surface area contributed by atoms with Gasteiger partial charge in [-0.15, -0.1) is 0 Å². The molecule has 0 N–H and O–H groups in total. The van der Waals surface area contributed by atoms with Gasteiger partial charge < -0.3 is 4.90 Å². The molecule has 3 aromatic rings. The van der Waals surface area contributed by atoms with E-state index in [2.05, 4.69) is 70.3 Å². The predicted molar refractivity (Wildman–Crippen MR) is 124 cm³/mol. The van der Waals surface area contributed by atoms with Crippen LogP contribution in [-0.4, -0.2) is 28.8 Å². The summed E-state index contributed by atoms with van der Waals surface area (Å²) in [5.41, 5.74) is 4.91. The fraction of sp³-hybridized carbons (Fsp3) is 0.370. The first-order valence-corrected chi connectivity index (χ1v) is 11.4. The van der Waals surface area contributed by atoms with E-state index in [4.69, 9.17) is 0 Å².